The highest BCUT2D eigenvalue weighted by Crippen LogP contribution is 2.12. The molecule has 2 rings (SSSR count). The van der Waals surface area contributed by atoms with Gasteiger partial charge in [-0.2, -0.15) is 0 Å². The lowest BCUT2D eigenvalue weighted by atomic mass is 10.1. The van der Waals surface area contributed by atoms with Crippen LogP contribution in [0.2, 0.25) is 0 Å². The summed E-state index contributed by atoms with van der Waals surface area (Å²) >= 11 is 0. The minimum absolute atomic E-state index is 0.0734. The van der Waals surface area contributed by atoms with Gasteiger partial charge in [0.2, 0.25) is 15.9 Å². The second-order valence-electron chi connectivity index (χ2n) is 6.53. The van der Waals surface area contributed by atoms with Crippen molar-refractivity contribution in [2.75, 3.05) is 5.32 Å². The Morgan fingerprint density at radius 3 is 2.30 bits per heavy atom. The number of nitrogens with one attached hydrogen (secondary N) is 2. The molecular weight excluding hydrogens is 366 g/mol. The molecule has 0 unspecified atom stereocenters. The number of rotatable bonds is 7. The van der Waals surface area contributed by atoms with Gasteiger partial charge in [0, 0.05) is 23.7 Å². The van der Waals surface area contributed by atoms with Crippen molar-refractivity contribution in [1.29, 1.82) is 0 Å². The molecule has 0 aliphatic rings. The predicted molar refractivity (Wildman–Crippen MR) is 104 cm³/mol. The first-order valence-corrected chi connectivity index (χ1v) is 10.1. The van der Waals surface area contributed by atoms with E-state index in [2.05, 4.69) is 10.6 Å². The van der Waals surface area contributed by atoms with E-state index in [1.807, 2.05) is 19.9 Å². The van der Waals surface area contributed by atoms with Gasteiger partial charge in [0.15, 0.2) is 0 Å². The Labute approximate surface area is 159 Å². The molecule has 2 aromatic carbocycles. The van der Waals surface area contributed by atoms with Crippen molar-refractivity contribution >= 4 is 27.5 Å². The molecule has 0 saturated carbocycles. The van der Waals surface area contributed by atoms with Gasteiger partial charge in [0.25, 0.3) is 5.91 Å². The van der Waals surface area contributed by atoms with Crippen LogP contribution in [0.1, 0.15) is 35.3 Å². The highest BCUT2D eigenvalue weighted by atomic mass is 32.2. The molecule has 2 aromatic rings. The molecule has 2 amide bonds. The largest absolute Gasteiger partial charge is 0.348 e. The van der Waals surface area contributed by atoms with E-state index in [0.29, 0.717) is 23.4 Å². The Morgan fingerprint density at radius 2 is 1.70 bits per heavy atom. The van der Waals surface area contributed by atoms with E-state index in [0.717, 1.165) is 5.56 Å². The second-order valence-corrected chi connectivity index (χ2v) is 8.15. The molecule has 0 aliphatic heterocycles. The van der Waals surface area contributed by atoms with Crippen molar-refractivity contribution in [3.05, 3.63) is 65.2 Å². The lowest BCUT2D eigenvalue weighted by Crippen LogP contribution is -2.23. The van der Waals surface area contributed by atoms with E-state index in [1.54, 1.807) is 42.5 Å². The normalized spacial score (nSPS) is 11.3. The number of carbonyl (C=O) groups excluding carboxylic acids is 2. The van der Waals surface area contributed by atoms with Crippen molar-refractivity contribution in [3.8, 4) is 0 Å². The quantitative estimate of drug-likeness (QED) is 0.671. The minimum Gasteiger partial charge on any atom is -0.348 e. The summed E-state index contributed by atoms with van der Waals surface area (Å²) in [6.07, 6.45) is 0. The van der Waals surface area contributed by atoms with Gasteiger partial charge in [-0.25, -0.2) is 13.6 Å². The van der Waals surface area contributed by atoms with Crippen LogP contribution < -0.4 is 15.8 Å². The van der Waals surface area contributed by atoms with Crippen molar-refractivity contribution in [1.82, 2.24) is 5.32 Å². The maximum atomic E-state index is 12.2. The molecule has 0 aromatic heterocycles. The van der Waals surface area contributed by atoms with Crippen LogP contribution in [-0.4, -0.2) is 20.2 Å². The fourth-order valence-electron chi connectivity index (χ4n) is 2.31. The van der Waals surface area contributed by atoms with Crippen LogP contribution in [-0.2, 0) is 27.1 Å². The maximum absolute atomic E-state index is 12.2. The van der Waals surface area contributed by atoms with Crippen molar-refractivity contribution in [3.63, 3.8) is 0 Å². The van der Waals surface area contributed by atoms with E-state index < -0.39 is 10.0 Å². The van der Waals surface area contributed by atoms with Crippen molar-refractivity contribution in [2.24, 2.45) is 11.1 Å². The summed E-state index contributed by atoms with van der Waals surface area (Å²) in [5.74, 6) is -0.751. The average Bonchev–Trinajstić information content (AvgIpc) is 2.59. The van der Waals surface area contributed by atoms with Crippen LogP contribution >= 0.6 is 0 Å². The number of carbonyl (C=O) groups is 2. The number of amides is 2. The molecule has 7 nitrogen and oxygen atoms in total. The van der Waals surface area contributed by atoms with E-state index in [1.165, 1.54) is 0 Å². The Hall–Kier alpha value is -2.71. The summed E-state index contributed by atoms with van der Waals surface area (Å²) in [4.78, 5) is 24.0. The van der Waals surface area contributed by atoms with Gasteiger partial charge in [-0.05, 0) is 35.4 Å². The van der Waals surface area contributed by atoms with Crippen LogP contribution in [0.25, 0.3) is 0 Å². The van der Waals surface area contributed by atoms with Gasteiger partial charge in [-0.1, -0.05) is 38.1 Å². The lowest BCUT2D eigenvalue weighted by Gasteiger charge is -2.10. The fraction of sp³-hybridized carbons (Fsp3) is 0.263. The highest BCUT2D eigenvalue weighted by Gasteiger charge is 2.10. The van der Waals surface area contributed by atoms with Crippen LogP contribution in [0.3, 0.4) is 0 Å². The molecule has 0 radical (unpaired) electrons. The SMILES string of the molecule is CC(C)C(=O)Nc1cccc(CNC(=O)c2ccc(CS(N)(=O)=O)cc2)c1. The zero-order valence-electron chi connectivity index (χ0n) is 15.2. The van der Waals surface area contributed by atoms with Crippen molar-refractivity contribution in [2.45, 2.75) is 26.1 Å². The van der Waals surface area contributed by atoms with Gasteiger partial charge in [-0.15, -0.1) is 0 Å². The number of hydrogen-bond donors (Lipinski definition) is 3. The summed E-state index contributed by atoms with van der Waals surface area (Å²) in [7, 11) is -3.61. The second kappa shape index (κ2) is 8.79. The van der Waals surface area contributed by atoms with Crippen LogP contribution in [0.15, 0.2) is 48.5 Å². The number of hydrogen-bond acceptors (Lipinski definition) is 4. The standard InChI is InChI=1S/C19H23N3O4S/c1-13(2)18(23)22-17-5-3-4-15(10-17)11-21-19(24)16-8-6-14(7-9-16)12-27(20,25)26/h3-10,13H,11-12H2,1-2H3,(H,21,24)(H,22,23)(H2,20,25,26). The van der Waals surface area contributed by atoms with Crippen LogP contribution in [0.4, 0.5) is 5.69 Å². The Kier molecular flexibility index (Phi) is 6.70. The smallest absolute Gasteiger partial charge is 0.251 e. The van der Waals surface area contributed by atoms with Gasteiger partial charge < -0.3 is 10.6 Å². The highest BCUT2D eigenvalue weighted by molar-refractivity contribution is 7.88. The van der Waals surface area contributed by atoms with Crippen molar-refractivity contribution < 1.29 is 18.0 Å². The molecule has 0 spiro atoms. The Bertz CT molecular complexity index is 922. The number of nitrogens with two attached hydrogens (primary N) is 1. The molecule has 27 heavy (non-hydrogen) atoms. The average molecular weight is 389 g/mol. The third-order valence-corrected chi connectivity index (χ3v) is 4.49. The number of primary sulfonamides is 1. The molecule has 0 atom stereocenters. The monoisotopic (exact) mass is 389 g/mol. The summed E-state index contributed by atoms with van der Waals surface area (Å²) in [6, 6.07) is 13.5. The molecule has 0 saturated heterocycles. The lowest BCUT2D eigenvalue weighted by molar-refractivity contribution is -0.118. The molecule has 4 N–H and O–H groups in total. The zero-order valence-corrected chi connectivity index (χ0v) is 16.0. The van der Waals surface area contributed by atoms with Gasteiger partial charge in [0.05, 0.1) is 5.75 Å². The summed E-state index contributed by atoms with van der Waals surface area (Å²) in [5.41, 5.74) is 2.45. The van der Waals surface area contributed by atoms with E-state index in [9.17, 15) is 18.0 Å². The Balaban J connectivity index is 1.96. The minimum atomic E-state index is -3.61. The van der Waals surface area contributed by atoms with E-state index in [-0.39, 0.29) is 23.5 Å². The first kappa shape index (κ1) is 20.6. The van der Waals surface area contributed by atoms with Gasteiger partial charge >= 0.3 is 0 Å². The first-order chi connectivity index (χ1) is 12.6. The molecule has 0 bridgehead atoms. The van der Waals surface area contributed by atoms with Crippen LogP contribution in [0, 0.1) is 5.92 Å². The number of anilines is 1. The molecule has 144 valence electrons. The summed E-state index contributed by atoms with van der Waals surface area (Å²) < 4.78 is 22.2. The number of sulfonamides is 1. The van der Waals surface area contributed by atoms with E-state index >= 15 is 0 Å². The van der Waals surface area contributed by atoms with Gasteiger partial charge in [0.1, 0.15) is 0 Å². The first-order valence-electron chi connectivity index (χ1n) is 8.41. The summed E-state index contributed by atoms with van der Waals surface area (Å²) in [6.45, 7) is 3.92. The van der Waals surface area contributed by atoms with Crippen LogP contribution in [0.5, 0.6) is 0 Å². The Morgan fingerprint density at radius 1 is 1.04 bits per heavy atom. The molecule has 0 aliphatic carbocycles. The molecule has 0 fully saturated rings. The third kappa shape index (κ3) is 6.84. The molecule has 8 heteroatoms. The van der Waals surface area contributed by atoms with E-state index in [4.69, 9.17) is 5.14 Å². The number of benzene rings is 2. The topological polar surface area (TPSA) is 118 Å². The zero-order chi connectivity index (χ0) is 20.0. The predicted octanol–water partition coefficient (Wildman–Crippen LogP) is 2.00. The fourth-order valence-corrected chi connectivity index (χ4v) is 2.97. The summed E-state index contributed by atoms with van der Waals surface area (Å²) in [5, 5.41) is 10.6. The molecule has 0 heterocycles. The maximum Gasteiger partial charge on any atom is 0.251 e. The third-order valence-electron chi connectivity index (χ3n) is 3.76. The van der Waals surface area contributed by atoms with Gasteiger partial charge in [-0.3, -0.25) is 9.59 Å². The molecular formula is C19H23N3O4S.